The van der Waals surface area contributed by atoms with Crippen molar-refractivity contribution in [1.29, 1.82) is 0 Å². The lowest BCUT2D eigenvalue weighted by Gasteiger charge is -2.44. The summed E-state index contributed by atoms with van der Waals surface area (Å²) >= 11 is 6.51. The van der Waals surface area contributed by atoms with E-state index in [9.17, 15) is 14.3 Å². The Labute approximate surface area is 208 Å². The Morgan fingerprint density at radius 2 is 2.06 bits per heavy atom. The van der Waals surface area contributed by atoms with Gasteiger partial charge in [-0.2, -0.15) is 0 Å². The molecule has 0 unspecified atom stereocenters. The zero-order valence-corrected chi connectivity index (χ0v) is 20.4. The third-order valence-corrected chi connectivity index (χ3v) is 6.89. The van der Waals surface area contributed by atoms with Gasteiger partial charge in [-0.05, 0) is 43.7 Å². The highest BCUT2D eigenvalue weighted by molar-refractivity contribution is 6.33. The van der Waals surface area contributed by atoms with Crippen molar-refractivity contribution < 1.29 is 19.0 Å². The predicted octanol–water partition coefficient (Wildman–Crippen LogP) is 4.37. The van der Waals surface area contributed by atoms with Gasteiger partial charge < -0.3 is 24.6 Å². The Morgan fingerprint density at radius 3 is 2.71 bits per heavy atom. The molecule has 4 heterocycles. The van der Waals surface area contributed by atoms with Gasteiger partial charge in [0.05, 0.1) is 36.3 Å². The van der Waals surface area contributed by atoms with Crippen molar-refractivity contribution in [2.45, 2.75) is 32.5 Å². The van der Waals surface area contributed by atoms with Crippen LogP contribution < -0.4 is 5.32 Å². The van der Waals surface area contributed by atoms with Crippen molar-refractivity contribution in [3.8, 4) is 11.1 Å². The molecule has 7 nitrogen and oxygen atoms in total. The van der Waals surface area contributed by atoms with E-state index in [1.165, 1.54) is 12.1 Å². The highest BCUT2D eigenvalue weighted by atomic mass is 35.5. The number of aliphatic hydroxyl groups excluding tert-OH is 1. The molecule has 5 rings (SSSR count). The van der Waals surface area contributed by atoms with Gasteiger partial charge in [-0.3, -0.25) is 4.79 Å². The largest absolute Gasteiger partial charge is 0.394 e. The number of pyridine rings is 1. The monoisotopic (exact) mass is 498 g/mol. The summed E-state index contributed by atoms with van der Waals surface area (Å²) in [6.45, 7) is 5.74. The minimum absolute atomic E-state index is 0.203. The first-order valence-corrected chi connectivity index (χ1v) is 12.0. The van der Waals surface area contributed by atoms with Crippen LogP contribution in [0.1, 0.15) is 35.9 Å². The van der Waals surface area contributed by atoms with Gasteiger partial charge in [0.25, 0.3) is 5.91 Å². The lowest BCUT2D eigenvalue weighted by atomic mass is 9.84. The highest BCUT2D eigenvalue weighted by Crippen LogP contribution is 2.40. The van der Waals surface area contributed by atoms with E-state index in [1.807, 2.05) is 36.7 Å². The summed E-state index contributed by atoms with van der Waals surface area (Å²) < 4.78 is 21.5. The zero-order chi connectivity index (χ0) is 24.7. The molecule has 1 saturated heterocycles. The number of amides is 1. The SMILES string of the molecule is CC(C)Nc1cc(-c2cc3n(c2)CC2(COC2)CN([C@H](CO)c2cccc(F)c2)C3=O)c(Cl)cn1. The number of ether oxygens (including phenoxy) is 1. The second-order valence-electron chi connectivity index (χ2n) is 9.77. The molecule has 35 heavy (non-hydrogen) atoms. The van der Waals surface area contributed by atoms with Gasteiger partial charge in [-0.15, -0.1) is 0 Å². The number of hydrogen-bond acceptors (Lipinski definition) is 5. The summed E-state index contributed by atoms with van der Waals surface area (Å²) in [7, 11) is 0. The minimum Gasteiger partial charge on any atom is -0.394 e. The highest BCUT2D eigenvalue weighted by Gasteiger charge is 2.46. The first-order valence-electron chi connectivity index (χ1n) is 11.7. The van der Waals surface area contributed by atoms with Crippen LogP contribution in [-0.2, 0) is 11.3 Å². The quantitative estimate of drug-likeness (QED) is 0.527. The second-order valence-corrected chi connectivity index (χ2v) is 10.2. The molecule has 1 spiro atoms. The number of nitrogens with one attached hydrogen (secondary N) is 1. The van der Waals surface area contributed by atoms with E-state index in [4.69, 9.17) is 16.3 Å². The number of aromatic nitrogens is 2. The molecular formula is C26H28ClFN4O3. The fraction of sp³-hybridized carbons (Fsp3) is 0.385. The van der Waals surface area contributed by atoms with Gasteiger partial charge in [0.15, 0.2) is 0 Å². The maximum absolute atomic E-state index is 14.0. The molecule has 0 radical (unpaired) electrons. The van der Waals surface area contributed by atoms with Crippen LogP contribution in [0.4, 0.5) is 10.2 Å². The number of nitrogens with zero attached hydrogens (tertiary/aromatic N) is 3. The summed E-state index contributed by atoms with van der Waals surface area (Å²) in [4.78, 5) is 19.9. The lowest BCUT2D eigenvalue weighted by molar-refractivity contribution is -0.132. The van der Waals surface area contributed by atoms with Gasteiger partial charge in [0.1, 0.15) is 17.3 Å². The van der Waals surface area contributed by atoms with Crippen LogP contribution in [0.15, 0.2) is 48.8 Å². The number of anilines is 1. The van der Waals surface area contributed by atoms with Crippen LogP contribution >= 0.6 is 11.6 Å². The van der Waals surface area contributed by atoms with Gasteiger partial charge in [0, 0.05) is 42.7 Å². The molecular weight excluding hydrogens is 471 g/mol. The van der Waals surface area contributed by atoms with E-state index in [2.05, 4.69) is 10.3 Å². The van der Waals surface area contributed by atoms with E-state index in [0.29, 0.717) is 48.4 Å². The average molecular weight is 499 g/mol. The molecule has 0 aliphatic carbocycles. The fourth-order valence-corrected chi connectivity index (χ4v) is 5.13. The summed E-state index contributed by atoms with van der Waals surface area (Å²) in [6.07, 6.45) is 3.54. The third kappa shape index (κ3) is 4.53. The standard InChI is InChI=1S/C26H28ClFN4O3/c1-16(2)30-24-8-20(21(27)9-29-24)18-7-22-25(34)32(13-26(14-35-15-26)12-31(22)10-18)23(11-33)17-4-3-5-19(28)6-17/h3-10,16,23,33H,11-15H2,1-2H3,(H,29,30)/t23-/m1/s1. The van der Waals surface area contributed by atoms with Crippen LogP contribution in [0, 0.1) is 11.2 Å². The lowest BCUT2D eigenvalue weighted by Crippen LogP contribution is -2.53. The van der Waals surface area contributed by atoms with E-state index in [1.54, 1.807) is 23.2 Å². The molecule has 2 aromatic heterocycles. The third-order valence-electron chi connectivity index (χ3n) is 6.59. The van der Waals surface area contributed by atoms with Crippen molar-refractivity contribution in [3.63, 3.8) is 0 Å². The summed E-state index contributed by atoms with van der Waals surface area (Å²) in [6, 6.07) is 9.28. The number of fused-ring (bicyclic) bond motifs is 1. The van der Waals surface area contributed by atoms with E-state index < -0.39 is 11.9 Å². The fourth-order valence-electron chi connectivity index (χ4n) is 4.92. The van der Waals surface area contributed by atoms with E-state index in [-0.39, 0.29) is 24.0 Å². The van der Waals surface area contributed by atoms with Crippen molar-refractivity contribution in [1.82, 2.24) is 14.5 Å². The van der Waals surface area contributed by atoms with Crippen molar-refractivity contribution in [3.05, 3.63) is 70.9 Å². The van der Waals surface area contributed by atoms with Crippen molar-refractivity contribution >= 4 is 23.3 Å². The van der Waals surface area contributed by atoms with Gasteiger partial charge in [-0.1, -0.05) is 23.7 Å². The van der Waals surface area contributed by atoms with Gasteiger partial charge in [-0.25, -0.2) is 9.37 Å². The first-order chi connectivity index (χ1) is 16.8. The topological polar surface area (TPSA) is 79.6 Å². The molecule has 2 N–H and O–H groups in total. The molecule has 1 atom stereocenters. The van der Waals surface area contributed by atoms with E-state index in [0.717, 1.165) is 11.1 Å². The molecule has 2 aliphatic heterocycles. The molecule has 1 aromatic carbocycles. The molecule has 2 aliphatic rings. The number of carbonyl (C=O) groups excluding carboxylic acids is 1. The number of benzene rings is 1. The predicted molar refractivity (Wildman–Crippen MR) is 132 cm³/mol. The molecule has 1 amide bonds. The Bertz CT molecular complexity index is 1260. The Balaban J connectivity index is 1.56. The molecule has 184 valence electrons. The molecule has 3 aromatic rings. The Morgan fingerprint density at radius 1 is 1.26 bits per heavy atom. The van der Waals surface area contributed by atoms with Gasteiger partial charge in [0.2, 0.25) is 0 Å². The van der Waals surface area contributed by atoms with Crippen LogP contribution in [0.5, 0.6) is 0 Å². The van der Waals surface area contributed by atoms with Crippen LogP contribution in [0.3, 0.4) is 0 Å². The van der Waals surface area contributed by atoms with Crippen LogP contribution in [0.2, 0.25) is 5.02 Å². The Hall–Kier alpha value is -2.94. The number of aliphatic hydroxyl groups is 1. The van der Waals surface area contributed by atoms with Gasteiger partial charge >= 0.3 is 0 Å². The maximum atomic E-state index is 14.0. The smallest absolute Gasteiger partial charge is 0.271 e. The number of hydrogen-bond donors (Lipinski definition) is 2. The van der Waals surface area contributed by atoms with Crippen LogP contribution in [-0.4, -0.2) is 57.9 Å². The van der Waals surface area contributed by atoms with Crippen LogP contribution in [0.25, 0.3) is 11.1 Å². The maximum Gasteiger partial charge on any atom is 0.271 e. The summed E-state index contributed by atoms with van der Waals surface area (Å²) in [5.41, 5.74) is 2.33. The molecule has 0 saturated carbocycles. The first kappa shape index (κ1) is 23.8. The normalized spacial score (nSPS) is 17.8. The summed E-state index contributed by atoms with van der Waals surface area (Å²) in [5.74, 6) is 0.0619. The number of halogens is 2. The number of carbonyl (C=O) groups is 1. The number of rotatable bonds is 6. The summed E-state index contributed by atoms with van der Waals surface area (Å²) in [5, 5.41) is 14.0. The minimum atomic E-state index is -0.674. The Kier molecular flexibility index (Phi) is 6.29. The second kappa shape index (κ2) is 9.26. The van der Waals surface area contributed by atoms with Crippen molar-refractivity contribution in [2.24, 2.45) is 5.41 Å². The molecule has 9 heteroatoms. The average Bonchev–Trinajstić information content (AvgIpc) is 3.16. The zero-order valence-electron chi connectivity index (χ0n) is 19.7. The molecule has 0 bridgehead atoms. The molecule has 1 fully saturated rings. The van der Waals surface area contributed by atoms with Crippen molar-refractivity contribution in [2.75, 3.05) is 31.7 Å². The van der Waals surface area contributed by atoms with E-state index >= 15 is 0 Å².